The molecule has 1 aliphatic heterocycles. The van der Waals surface area contributed by atoms with Gasteiger partial charge in [0.25, 0.3) is 0 Å². The Morgan fingerprint density at radius 3 is 2.54 bits per heavy atom. The zero-order chi connectivity index (χ0) is 17.5. The third kappa shape index (κ3) is 3.47. The Bertz CT molecular complexity index is 656. The molecule has 132 valence electrons. The first-order valence-electron chi connectivity index (χ1n) is 7.88. The number of carbonyl (C=O) groups excluding carboxylic acids is 1. The van der Waals surface area contributed by atoms with Crippen LogP contribution in [0.4, 0.5) is 13.2 Å². The molecule has 1 aromatic rings. The lowest BCUT2D eigenvalue weighted by atomic mass is 9.97. The fourth-order valence-electron chi connectivity index (χ4n) is 3.52. The minimum absolute atomic E-state index is 0.0143. The maximum absolute atomic E-state index is 13.4. The molecule has 0 atom stereocenters. The van der Waals surface area contributed by atoms with Crippen LogP contribution in [-0.4, -0.2) is 31.1 Å². The molecular weight excluding hydrogens is 387 g/mol. The van der Waals surface area contributed by atoms with Gasteiger partial charge in [0.1, 0.15) is 0 Å². The van der Waals surface area contributed by atoms with Gasteiger partial charge < -0.3 is 4.74 Å². The minimum Gasteiger partial charge on any atom is -0.465 e. The van der Waals surface area contributed by atoms with E-state index in [2.05, 4.69) is 25.6 Å². The summed E-state index contributed by atoms with van der Waals surface area (Å²) in [7, 11) is 1.18. The summed E-state index contributed by atoms with van der Waals surface area (Å²) in [5.41, 5.74) is 0.0637. The van der Waals surface area contributed by atoms with E-state index in [0.29, 0.717) is 17.5 Å². The Hall–Kier alpha value is -1.08. The molecular formula is C17H19BrF3NO2. The van der Waals surface area contributed by atoms with E-state index < -0.39 is 17.7 Å². The summed E-state index contributed by atoms with van der Waals surface area (Å²) in [4.78, 5) is 14.1. The molecule has 0 amide bonds. The first-order valence-corrected chi connectivity index (χ1v) is 9.00. The standard InChI is InChI=1S/C17H19BrF3NO2/c1-24-15(23)12-6-11(7-14(13(12)8-18)17(19,20)21)9-22-5-4-16(10-22)2-3-16/h6-7H,2-5,8-10H2,1H3. The van der Waals surface area contributed by atoms with Gasteiger partial charge in [-0.15, -0.1) is 0 Å². The number of halogens is 4. The average molecular weight is 406 g/mol. The highest BCUT2D eigenvalue weighted by molar-refractivity contribution is 9.08. The van der Waals surface area contributed by atoms with E-state index in [1.165, 1.54) is 32.1 Å². The van der Waals surface area contributed by atoms with Crippen molar-refractivity contribution in [2.75, 3.05) is 20.2 Å². The lowest BCUT2D eigenvalue weighted by Gasteiger charge is -2.20. The molecule has 1 saturated carbocycles. The first-order chi connectivity index (χ1) is 11.3. The summed E-state index contributed by atoms with van der Waals surface area (Å²) in [6.07, 6.45) is -0.965. The van der Waals surface area contributed by atoms with E-state index >= 15 is 0 Å². The van der Waals surface area contributed by atoms with Crippen molar-refractivity contribution in [3.8, 4) is 0 Å². The summed E-state index contributed by atoms with van der Waals surface area (Å²) in [5.74, 6) is -0.739. The zero-order valence-electron chi connectivity index (χ0n) is 13.4. The Kier molecular flexibility index (Phi) is 4.68. The van der Waals surface area contributed by atoms with Gasteiger partial charge in [0, 0.05) is 18.4 Å². The van der Waals surface area contributed by atoms with E-state index in [0.717, 1.165) is 19.5 Å². The molecule has 1 aliphatic carbocycles. The van der Waals surface area contributed by atoms with Crippen LogP contribution >= 0.6 is 15.9 Å². The molecule has 0 bridgehead atoms. The summed E-state index contributed by atoms with van der Waals surface area (Å²) in [5, 5.41) is -0.0562. The predicted octanol–water partition coefficient (Wildman–Crippen LogP) is 4.37. The summed E-state index contributed by atoms with van der Waals surface area (Å²) < 4.78 is 44.9. The van der Waals surface area contributed by atoms with Crippen molar-refractivity contribution < 1.29 is 22.7 Å². The number of methoxy groups -OCH3 is 1. The van der Waals surface area contributed by atoms with Crippen LogP contribution in [-0.2, 0) is 22.8 Å². The van der Waals surface area contributed by atoms with Gasteiger partial charge in [-0.2, -0.15) is 13.2 Å². The molecule has 1 aromatic carbocycles. The van der Waals surface area contributed by atoms with Crippen LogP contribution in [0.5, 0.6) is 0 Å². The van der Waals surface area contributed by atoms with E-state index in [1.807, 2.05) is 0 Å². The van der Waals surface area contributed by atoms with Crippen LogP contribution in [0.25, 0.3) is 0 Å². The quantitative estimate of drug-likeness (QED) is 0.550. The molecule has 2 fully saturated rings. The molecule has 0 aromatic heterocycles. The molecule has 0 N–H and O–H groups in total. The Morgan fingerprint density at radius 2 is 2.04 bits per heavy atom. The number of carbonyl (C=O) groups is 1. The number of benzene rings is 1. The summed E-state index contributed by atoms with van der Waals surface area (Å²) in [6, 6.07) is 2.70. The van der Waals surface area contributed by atoms with Gasteiger partial charge >= 0.3 is 12.1 Å². The van der Waals surface area contributed by atoms with Crippen molar-refractivity contribution >= 4 is 21.9 Å². The fourth-order valence-corrected chi connectivity index (χ4v) is 4.12. The Morgan fingerprint density at radius 1 is 1.33 bits per heavy atom. The molecule has 1 heterocycles. The van der Waals surface area contributed by atoms with Crippen LogP contribution in [0.2, 0.25) is 0 Å². The number of alkyl halides is 4. The van der Waals surface area contributed by atoms with Crippen molar-refractivity contribution in [2.45, 2.75) is 37.3 Å². The van der Waals surface area contributed by atoms with Gasteiger partial charge in [-0.25, -0.2) is 4.79 Å². The number of ether oxygens (including phenoxy) is 1. The third-order valence-corrected chi connectivity index (χ3v) is 5.60. The lowest BCUT2D eigenvalue weighted by molar-refractivity contribution is -0.138. The second kappa shape index (κ2) is 6.33. The average Bonchev–Trinajstić information content (AvgIpc) is 3.17. The number of hydrogen-bond acceptors (Lipinski definition) is 3. The van der Waals surface area contributed by atoms with E-state index in [-0.39, 0.29) is 16.5 Å². The van der Waals surface area contributed by atoms with Crippen molar-refractivity contribution in [3.63, 3.8) is 0 Å². The van der Waals surface area contributed by atoms with Crippen LogP contribution in [0.3, 0.4) is 0 Å². The largest absolute Gasteiger partial charge is 0.465 e. The van der Waals surface area contributed by atoms with Crippen LogP contribution in [0.15, 0.2) is 12.1 Å². The van der Waals surface area contributed by atoms with Gasteiger partial charge in [-0.3, -0.25) is 4.90 Å². The predicted molar refractivity (Wildman–Crippen MR) is 87.0 cm³/mol. The molecule has 0 radical (unpaired) electrons. The molecule has 0 unspecified atom stereocenters. The van der Waals surface area contributed by atoms with Crippen molar-refractivity contribution in [3.05, 3.63) is 34.4 Å². The second-order valence-corrected chi connectivity index (χ2v) is 7.31. The molecule has 24 heavy (non-hydrogen) atoms. The molecule has 2 aliphatic rings. The van der Waals surface area contributed by atoms with Gasteiger partial charge in [0.15, 0.2) is 0 Å². The number of likely N-dealkylation sites (tertiary alicyclic amines) is 1. The van der Waals surface area contributed by atoms with Crippen molar-refractivity contribution in [2.24, 2.45) is 5.41 Å². The lowest BCUT2D eigenvalue weighted by Crippen LogP contribution is -2.22. The van der Waals surface area contributed by atoms with Crippen molar-refractivity contribution in [1.82, 2.24) is 4.90 Å². The fraction of sp³-hybridized carbons (Fsp3) is 0.588. The topological polar surface area (TPSA) is 29.5 Å². The number of hydrogen-bond donors (Lipinski definition) is 0. The first kappa shape index (κ1) is 17.7. The minimum atomic E-state index is -4.51. The zero-order valence-corrected chi connectivity index (χ0v) is 15.0. The highest BCUT2D eigenvalue weighted by Gasteiger charge is 2.47. The van der Waals surface area contributed by atoms with Gasteiger partial charge in [0.2, 0.25) is 0 Å². The molecule has 1 spiro atoms. The summed E-state index contributed by atoms with van der Waals surface area (Å²) >= 11 is 3.07. The molecule has 3 nitrogen and oxygen atoms in total. The van der Waals surface area contributed by atoms with Crippen LogP contribution in [0, 0.1) is 5.41 Å². The number of esters is 1. The Balaban J connectivity index is 1.95. The maximum Gasteiger partial charge on any atom is 0.416 e. The smallest absolute Gasteiger partial charge is 0.416 e. The summed E-state index contributed by atoms with van der Waals surface area (Å²) in [6.45, 7) is 2.26. The van der Waals surface area contributed by atoms with E-state index in [1.54, 1.807) is 0 Å². The normalized spacial score (nSPS) is 19.7. The maximum atomic E-state index is 13.4. The highest BCUT2D eigenvalue weighted by Crippen LogP contribution is 2.52. The van der Waals surface area contributed by atoms with Gasteiger partial charge in [0.05, 0.1) is 18.2 Å². The second-order valence-electron chi connectivity index (χ2n) is 6.75. The molecule has 7 heteroatoms. The van der Waals surface area contributed by atoms with Crippen LogP contribution < -0.4 is 0 Å². The highest BCUT2D eigenvalue weighted by atomic mass is 79.9. The van der Waals surface area contributed by atoms with Crippen molar-refractivity contribution in [1.29, 1.82) is 0 Å². The van der Waals surface area contributed by atoms with E-state index in [9.17, 15) is 18.0 Å². The molecule has 1 saturated heterocycles. The van der Waals surface area contributed by atoms with E-state index in [4.69, 9.17) is 0 Å². The number of rotatable bonds is 4. The monoisotopic (exact) mass is 405 g/mol. The SMILES string of the molecule is COC(=O)c1cc(CN2CCC3(CC3)C2)cc(C(F)(F)F)c1CBr. The van der Waals surface area contributed by atoms with Gasteiger partial charge in [-0.1, -0.05) is 15.9 Å². The third-order valence-electron chi connectivity index (χ3n) is 5.03. The number of nitrogens with zero attached hydrogens (tertiary/aromatic N) is 1. The molecule has 3 rings (SSSR count). The Labute approximate surface area is 147 Å². The van der Waals surface area contributed by atoms with Crippen LogP contribution in [0.1, 0.15) is 46.3 Å². The van der Waals surface area contributed by atoms with Gasteiger partial charge in [-0.05, 0) is 54.5 Å².